The molecule has 0 bridgehead atoms. The molecule has 0 fully saturated rings. The Morgan fingerprint density at radius 3 is 2.73 bits per heavy atom. The lowest BCUT2D eigenvalue weighted by Crippen LogP contribution is -2.30. The lowest BCUT2D eigenvalue weighted by atomic mass is 10.1. The summed E-state index contributed by atoms with van der Waals surface area (Å²) in [6.45, 7) is -0.0367. The van der Waals surface area contributed by atoms with Crippen molar-refractivity contribution >= 4 is 22.4 Å². The van der Waals surface area contributed by atoms with Gasteiger partial charge in [0.05, 0.1) is 12.1 Å². The molecule has 0 spiro atoms. The number of hydrogen-bond donors (Lipinski definition) is 1. The van der Waals surface area contributed by atoms with Gasteiger partial charge in [-0.05, 0) is 18.7 Å². The van der Waals surface area contributed by atoms with Gasteiger partial charge in [0.15, 0.2) is 0 Å². The summed E-state index contributed by atoms with van der Waals surface area (Å²) < 4.78 is 38.7. The van der Waals surface area contributed by atoms with E-state index in [1.807, 2.05) is 0 Å². The zero-order valence-electron chi connectivity index (χ0n) is 11.6. The van der Waals surface area contributed by atoms with Crippen molar-refractivity contribution in [1.29, 1.82) is 0 Å². The molecule has 5 nitrogen and oxygen atoms in total. The van der Waals surface area contributed by atoms with Crippen LogP contribution in [0.2, 0.25) is 0 Å². The molecule has 2 aromatic rings. The third-order valence-corrected chi connectivity index (χ3v) is 3.39. The van der Waals surface area contributed by atoms with Gasteiger partial charge < -0.3 is 0 Å². The summed E-state index contributed by atoms with van der Waals surface area (Å²) in [7, 11) is 1.58. The van der Waals surface area contributed by atoms with Crippen molar-refractivity contribution in [2.24, 2.45) is 0 Å². The second kappa shape index (κ2) is 6.84. The van der Waals surface area contributed by atoms with E-state index in [2.05, 4.69) is 15.5 Å². The molecule has 1 aromatic heterocycles. The normalized spacial score (nSPS) is 11.7. The van der Waals surface area contributed by atoms with E-state index in [0.717, 1.165) is 6.07 Å². The second-order valence-electron chi connectivity index (χ2n) is 4.62. The molecule has 1 aromatic carbocycles. The Labute approximate surface area is 128 Å². The molecule has 0 atom stereocenters. The number of anilines is 1. The largest absolute Gasteiger partial charge is 0.416 e. The zero-order chi connectivity index (χ0) is 16.2. The SMILES string of the molecule is CN(CC(=O)Nc1nncs1)Cc1ccccc1C(F)(F)F. The molecular formula is C13H13F3N4OS. The highest BCUT2D eigenvalue weighted by molar-refractivity contribution is 7.13. The minimum absolute atomic E-state index is 0.0131. The topological polar surface area (TPSA) is 58.1 Å². The number of aromatic nitrogens is 2. The summed E-state index contributed by atoms with van der Waals surface area (Å²) in [6.07, 6.45) is -4.41. The first-order chi connectivity index (χ1) is 10.4. The quantitative estimate of drug-likeness (QED) is 0.916. The van der Waals surface area contributed by atoms with E-state index in [4.69, 9.17) is 0 Å². The fraction of sp³-hybridized carbons (Fsp3) is 0.308. The number of hydrogen-bond acceptors (Lipinski definition) is 5. The molecule has 1 amide bonds. The Morgan fingerprint density at radius 1 is 1.36 bits per heavy atom. The minimum atomic E-state index is -4.41. The van der Waals surface area contributed by atoms with Crippen LogP contribution in [0.4, 0.5) is 18.3 Å². The number of alkyl halides is 3. The first-order valence-corrected chi connectivity index (χ1v) is 7.14. The molecule has 1 heterocycles. The summed E-state index contributed by atoms with van der Waals surface area (Å²) in [6, 6.07) is 5.32. The highest BCUT2D eigenvalue weighted by Crippen LogP contribution is 2.32. The van der Waals surface area contributed by atoms with Crippen LogP contribution in [-0.2, 0) is 17.5 Å². The van der Waals surface area contributed by atoms with E-state index in [1.54, 1.807) is 13.1 Å². The van der Waals surface area contributed by atoms with Crippen LogP contribution in [0.5, 0.6) is 0 Å². The van der Waals surface area contributed by atoms with Crippen LogP contribution in [0.3, 0.4) is 0 Å². The highest BCUT2D eigenvalue weighted by atomic mass is 32.1. The van der Waals surface area contributed by atoms with Gasteiger partial charge in [0.1, 0.15) is 5.51 Å². The number of likely N-dealkylation sites (N-methyl/N-ethyl adjacent to an activating group) is 1. The number of nitrogens with zero attached hydrogens (tertiary/aromatic N) is 3. The third kappa shape index (κ3) is 4.50. The summed E-state index contributed by atoms with van der Waals surface area (Å²) in [5, 5.41) is 10.1. The average Bonchev–Trinajstić information content (AvgIpc) is 2.90. The predicted octanol–water partition coefficient (Wildman–Crippen LogP) is 2.63. The summed E-state index contributed by atoms with van der Waals surface area (Å²) in [5.74, 6) is -0.358. The zero-order valence-corrected chi connectivity index (χ0v) is 12.4. The van der Waals surface area contributed by atoms with Gasteiger partial charge in [-0.3, -0.25) is 15.0 Å². The van der Waals surface area contributed by atoms with Gasteiger partial charge in [-0.1, -0.05) is 29.5 Å². The molecule has 9 heteroatoms. The van der Waals surface area contributed by atoms with E-state index in [9.17, 15) is 18.0 Å². The van der Waals surface area contributed by atoms with Crippen molar-refractivity contribution in [3.8, 4) is 0 Å². The smallest absolute Gasteiger partial charge is 0.299 e. The lowest BCUT2D eigenvalue weighted by Gasteiger charge is -2.19. The molecule has 0 aliphatic rings. The molecule has 118 valence electrons. The molecule has 0 aliphatic carbocycles. The van der Waals surface area contributed by atoms with Crippen molar-refractivity contribution < 1.29 is 18.0 Å². The Kier molecular flexibility index (Phi) is 5.09. The number of carbonyl (C=O) groups is 1. The number of carbonyl (C=O) groups excluding carboxylic acids is 1. The Morgan fingerprint density at radius 2 is 2.09 bits per heavy atom. The molecule has 0 radical (unpaired) electrons. The van der Waals surface area contributed by atoms with E-state index in [-0.39, 0.29) is 24.6 Å². The van der Waals surface area contributed by atoms with Crippen molar-refractivity contribution in [3.05, 3.63) is 40.9 Å². The molecule has 0 saturated carbocycles. The van der Waals surface area contributed by atoms with Gasteiger partial charge in [-0.25, -0.2) is 0 Å². The molecule has 22 heavy (non-hydrogen) atoms. The molecule has 2 rings (SSSR count). The summed E-state index contributed by atoms with van der Waals surface area (Å²) in [4.78, 5) is 13.3. The predicted molar refractivity (Wildman–Crippen MR) is 76.3 cm³/mol. The summed E-state index contributed by atoms with van der Waals surface area (Å²) >= 11 is 1.17. The molecular weight excluding hydrogens is 317 g/mol. The van der Waals surface area contributed by atoms with Gasteiger partial charge in [0.2, 0.25) is 11.0 Å². The van der Waals surface area contributed by atoms with Crippen molar-refractivity contribution in [3.63, 3.8) is 0 Å². The maximum Gasteiger partial charge on any atom is 0.416 e. The van der Waals surface area contributed by atoms with E-state index < -0.39 is 11.7 Å². The first kappa shape index (κ1) is 16.4. The van der Waals surface area contributed by atoms with Crippen LogP contribution in [-0.4, -0.2) is 34.6 Å². The standard InChI is InChI=1S/C13H13F3N4OS/c1-20(7-11(21)18-12-19-17-8-22-12)6-9-4-2-3-5-10(9)13(14,15)16/h2-5,8H,6-7H2,1H3,(H,18,19,21). The van der Waals surface area contributed by atoms with Crippen LogP contribution in [0.25, 0.3) is 0 Å². The van der Waals surface area contributed by atoms with Crippen molar-refractivity contribution in [2.75, 3.05) is 18.9 Å². The number of nitrogens with one attached hydrogen (secondary N) is 1. The number of amides is 1. The third-order valence-electron chi connectivity index (χ3n) is 2.78. The van der Waals surface area contributed by atoms with Crippen LogP contribution in [0, 0.1) is 0 Å². The number of halogens is 3. The molecule has 0 aliphatic heterocycles. The fourth-order valence-electron chi connectivity index (χ4n) is 1.91. The maximum absolute atomic E-state index is 12.9. The molecule has 1 N–H and O–H groups in total. The second-order valence-corrected chi connectivity index (χ2v) is 5.45. The molecule has 0 unspecified atom stereocenters. The van der Waals surface area contributed by atoms with Crippen molar-refractivity contribution in [1.82, 2.24) is 15.1 Å². The number of rotatable bonds is 5. The molecule has 0 saturated heterocycles. The van der Waals surface area contributed by atoms with Gasteiger partial charge in [0.25, 0.3) is 0 Å². The first-order valence-electron chi connectivity index (χ1n) is 6.26. The Bertz CT molecular complexity index is 630. The highest BCUT2D eigenvalue weighted by Gasteiger charge is 2.33. The fourth-order valence-corrected chi connectivity index (χ4v) is 2.37. The van der Waals surface area contributed by atoms with Crippen LogP contribution in [0.1, 0.15) is 11.1 Å². The summed E-state index contributed by atoms with van der Waals surface area (Å²) in [5.41, 5.74) is 0.909. The Hall–Kier alpha value is -2.00. The van der Waals surface area contributed by atoms with Gasteiger partial charge in [-0.2, -0.15) is 13.2 Å². The maximum atomic E-state index is 12.9. The van der Waals surface area contributed by atoms with Gasteiger partial charge >= 0.3 is 6.18 Å². The average molecular weight is 330 g/mol. The van der Waals surface area contributed by atoms with E-state index >= 15 is 0 Å². The Balaban J connectivity index is 1.97. The van der Waals surface area contributed by atoms with E-state index in [0.29, 0.717) is 5.13 Å². The van der Waals surface area contributed by atoms with Gasteiger partial charge in [0, 0.05) is 6.54 Å². The minimum Gasteiger partial charge on any atom is -0.299 e. The van der Waals surface area contributed by atoms with Crippen molar-refractivity contribution in [2.45, 2.75) is 12.7 Å². The number of benzene rings is 1. The van der Waals surface area contributed by atoms with Crippen LogP contribution >= 0.6 is 11.3 Å². The lowest BCUT2D eigenvalue weighted by molar-refractivity contribution is -0.138. The van der Waals surface area contributed by atoms with Gasteiger partial charge in [-0.15, -0.1) is 10.2 Å². The van der Waals surface area contributed by atoms with E-state index in [1.165, 1.54) is 33.9 Å². The van der Waals surface area contributed by atoms with Crippen LogP contribution in [0.15, 0.2) is 29.8 Å². The van der Waals surface area contributed by atoms with Crippen LogP contribution < -0.4 is 5.32 Å². The monoisotopic (exact) mass is 330 g/mol.